The van der Waals surface area contributed by atoms with E-state index in [1.54, 1.807) is 6.26 Å². The molecule has 0 fully saturated rings. The molecule has 0 spiro atoms. The second-order valence-electron chi connectivity index (χ2n) is 7.47. The second-order valence-corrected chi connectivity index (χ2v) is 7.47. The molecule has 4 aromatic rings. The Bertz CT molecular complexity index is 1050. The summed E-state index contributed by atoms with van der Waals surface area (Å²) < 4.78 is 13.8. The molecule has 4 heteroatoms. The van der Waals surface area contributed by atoms with Gasteiger partial charge in [0.25, 0.3) is 0 Å². The van der Waals surface area contributed by atoms with Crippen LogP contribution < -0.4 is 4.74 Å². The molecule has 146 valence electrons. The fraction of sp³-hybridized carbons (Fsp3) is 0.200. The van der Waals surface area contributed by atoms with Crippen LogP contribution in [0.2, 0.25) is 0 Å². The van der Waals surface area contributed by atoms with E-state index in [4.69, 9.17) is 9.15 Å². The normalized spacial score (nSPS) is 16.9. The number of nitrogens with zero attached hydrogens (tertiary/aromatic N) is 2. The van der Waals surface area contributed by atoms with E-state index in [0.717, 1.165) is 37.6 Å². The molecule has 0 bridgehead atoms. The van der Waals surface area contributed by atoms with Gasteiger partial charge < -0.3 is 13.7 Å². The Morgan fingerprint density at radius 2 is 1.79 bits per heavy atom. The van der Waals surface area contributed by atoms with Gasteiger partial charge in [-0.25, -0.2) is 0 Å². The summed E-state index contributed by atoms with van der Waals surface area (Å²) in [5, 5.41) is 0. The third kappa shape index (κ3) is 3.84. The van der Waals surface area contributed by atoms with Gasteiger partial charge in [-0.15, -0.1) is 0 Å². The van der Waals surface area contributed by atoms with Crippen molar-refractivity contribution in [3.05, 3.63) is 108 Å². The maximum Gasteiger partial charge on any atom is 0.127 e. The maximum atomic E-state index is 6.04. The summed E-state index contributed by atoms with van der Waals surface area (Å²) in [6.45, 7) is 2.93. The fourth-order valence-corrected chi connectivity index (χ4v) is 4.19. The molecular formula is C25H24N2O2. The summed E-state index contributed by atoms with van der Waals surface area (Å²) in [5.74, 6) is 1.72. The highest BCUT2D eigenvalue weighted by atomic mass is 16.5. The number of rotatable bonds is 5. The first-order chi connectivity index (χ1) is 14.4. The van der Waals surface area contributed by atoms with Crippen molar-refractivity contribution in [2.75, 3.05) is 6.54 Å². The van der Waals surface area contributed by atoms with E-state index in [9.17, 15) is 0 Å². The number of para-hydroxylation sites is 1. The third-order valence-electron chi connectivity index (χ3n) is 5.48. The Labute approximate surface area is 171 Å². The Hall–Kier alpha value is -3.24. The van der Waals surface area contributed by atoms with Crippen molar-refractivity contribution in [3.8, 4) is 11.5 Å². The lowest BCUT2D eigenvalue weighted by Gasteiger charge is -2.29. The number of aromatic nitrogens is 1. The molecule has 0 aliphatic carbocycles. The highest BCUT2D eigenvalue weighted by molar-refractivity contribution is 5.34. The first-order valence-electron chi connectivity index (χ1n) is 10.1. The Morgan fingerprint density at radius 3 is 2.66 bits per heavy atom. The van der Waals surface area contributed by atoms with Crippen LogP contribution >= 0.6 is 0 Å². The number of hydrogen-bond acceptors (Lipinski definition) is 3. The quantitative estimate of drug-likeness (QED) is 0.431. The molecule has 1 aliphatic rings. The van der Waals surface area contributed by atoms with Crippen LogP contribution in [0.4, 0.5) is 0 Å². The summed E-state index contributed by atoms with van der Waals surface area (Å²) in [6.07, 6.45) is 6.94. The number of furan rings is 1. The van der Waals surface area contributed by atoms with Crippen molar-refractivity contribution in [2.45, 2.75) is 25.6 Å². The van der Waals surface area contributed by atoms with Crippen LogP contribution in [0.1, 0.15) is 29.3 Å². The van der Waals surface area contributed by atoms with Crippen LogP contribution in [-0.2, 0) is 13.1 Å². The standard InChI is InChI=1S/C25H24N2O2/c1-2-8-22(9-3-1)29-23-10-4-7-20(17-23)18-27-15-6-14-26-13-5-11-24(26)25(27)21-12-16-28-19-21/h1-5,7-13,16-17,19,25H,6,14-15,18H2. The van der Waals surface area contributed by atoms with Gasteiger partial charge in [0.05, 0.1) is 18.6 Å². The molecule has 0 radical (unpaired) electrons. The number of fused-ring (bicyclic) bond motifs is 1. The number of aryl methyl sites for hydroxylation is 1. The van der Waals surface area contributed by atoms with Gasteiger partial charge in [0.1, 0.15) is 11.5 Å². The lowest BCUT2D eigenvalue weighted by atomic mass is 10.0. The summed E-state index contributed by atoms with van der Waals surface area (Å²) in [5.41, 5.74) is 3.76. The topological polar surface area (TPSA) is 30.5 Å². The van der Waals surface area contributed by atoms with Crippen LogP contribution in [0.25, 0.3) is 0 Å². The van der Waals surface area contributed by atoms with E-state index in [2.05, 4.69) is 52.1 Å². The Kier molecular flexibility index (Phi) is 4.93. The summed E-state index contributed by atoms with van der Waals surface area (Å²) in [4.78, 5) is 2.53. The van der Waals surface area contributed by atoms with Crippen molar-refractivity contribution in [3.63, 3.8) is 0 Å². The van der Waals surface area contributed by atoms with Gasteiger partial charge in [-0.3, -0.25) is 4.90 Å². The highest BCUT2D eigenvalue weighted by Crippen LogP contribution is 2.33. The molecule has 0 saturated carbocycles. The lowest BCUT2D eigenvalue weighted by molar-refractivity contribution is 0.219. The lowest BCUT2D eigenvalue weighted by Crippen LogP contribution is -2.29. The molecule has 2 aromatic carbocycles. The predicted molar refractivity (Wildman–Crippen MR) is 113 cm³/mol. The summed E-state index contributed by atoms with van der Waals surface area (Å²) >= 11 is 0. The van der Waals surface area contributed by atoms with Gasteiger partial charge in [-0.05, 0) is 54.4 Å². The van der Waals surface area contributed by atoms with Crippen LogP contribution in [0, 0.1) is 0 Å². The molecule has 4 nitrogen and oxygen atoms in total. The zero-order valence-corrected chi connectivity index (χ0v) is 16.3. The van der Waals surface area contributed by atoms with E-state index in [0.29, 0.717) is 0 Å². The van der Waals surface area contributed by atoms with Crippen LogP contribution in [-0.4, -0.2) is 16.0 Å². The highest BCUT2D eigenvalue weighted by Gasteiger charge is 2.28. The van der Waals surface area contributed by atoms with Crippen molar-refractivity contribution in [1.29, 1.82) is 0 Å². The third-order valence-corrected chi connectivity index (χ3v) is 5.48. The molecule has 0 amide bonds. The number of benzene rings is 2. The van der Waals surface area contributed by atoms with Crippen molar-refractivity contribution < 1.29 is 9.15 Å². The average Bonchev–Trinajstić information content (AvgIpc) is 3.40. The first-order valence-corrected chi connectivity index (χ1v) is 10.1. The maximum absolute atomic E-state index is 6.04. The molecule has 3 heterocycles. The fourth-order valence-electron chi connectivity index (χ4n) is 4.19. The van der Waals surface area contributed by atoms with Gasteiger partial charge in [0.15, 0.2) is 0 Å². The van der Waals surface area contributed by atoms with Gasteiger partial charge in [0, 0.05) is 37.1 Å². The molecule has 2 aromatic heterocycles. The Balaban J connectivity index is 1.42. The number of hydrogen-bond donors (Lipinski definition) is 0. The molecule has 1 atom stereocenters. The van der Waals surface area contributed by atoms with E-state index >= 15 is 0 Å². The van der Waals surface area contributed by atoms with Crippen molar-refractivity contribution >= 4 is 0 Å². The largest absolute Gasteiger partial charge is 0.472 e. The van der Waals surface area contributed by atoms with Gasteiger partial charge in [-0.1, -0.05) is 30.3 Å². The molecule has 0 N–H and O–H groups in total. The smallest absolute Gasteiger partial charge is 0.127 e. The van der Waals surface area contributed by atoms with Crippen LogP contribution in [0.3, 0.4) is 0 Å². The monoisotopic (exact) mass is 384 g/mol. The molecule has 5 rings (SSSR count). The van der Waals surface area contributed by atoms with Crippen LogP contribution in [0.5, 0.6) is 11.5 Å². The van der Waals surface area contributed by atoms with Crippen LogP contribution in [0.15, 0.2) is 95.9 Å². The second kappa shape index (κ2) is 8.02. The van der Waals surface area contributed by atoms with Crippen molar-refractivity contribution in [1.82, 2.24) is 9.47 Å². The molecule has 0 saturated heterocycles. The summed E-state index contributed by atoms with van der Waals surface area (Å²) in [7, 11) is 0. The average molecular weight is 384 g/mol. The predicted octanol–water partition coefficient (Wildman–Crippen LogP) is 5.87. The molecule has 29 heavy (non-hydrogen) atoms. The van der Waals surface area contributed by atoms with E-state index in [1.165, 1.54) is 16.8 Å². The summed E-state index contributed by atoms with van der Waals surface area (Å²) in [6, 6.07) is 25.0. The van der Waals surface area contributed by atoms with Gasteiger partial charge >= 0.3 is 0 Å². The first kappa shape index (κ1) is 17.8. The minimum absolute atomic E-state index is 0.185. The van der Waals surface area contributed by atoms with Gasteiger partial charge in [-0.2, -0.15) is 0 Å². The SMILES string of the molecule is c1ccc(Oc2cccc(CN3CCCn4cccc4C3c3ccoc3)c2)cc1. The zero-order valence-electron chi connectivity index (χ0n) is 16.3. The number of ether oxygens (including phenoxy) is 1. The zero-order chi connectivity index (χ0) is 19.5. The minimum atomic E-state index is 0.185. The Morgan fingerprint density at radius 1 is 0.897 bits per heavy atom. The van der Waals surface area contributed by atoms with E-state index in [1.807, 2.05) is 42.7 Å². The molecule has 1 unspecified atom stereocenters. The van der Waals surface area contributed by atoms with Crippen molar-refractivity contribution in [2.24, 2.45) is 0 Å². The van der Waals surface area contributed by atoms with E-state index in [-0.39, 0.29) is 6.04 Å². The molecular weight excluding hydrogens is 360 g/mol. The molecule has 1 aliphatic heterocycles. The van der Waals surface area contributed by atoms with Gasteiger partial charge in [0.2, 0.25) is 0 Å². The van der Waals surface area contributed by atoms with E-state index < -0.39 is 0 Å². The minimum Gasteiger partial charge on any atom is -0.472 e.